The summed E-state index contributed by atoms with van der Waals surface area (Å²) in [5.41, 5.74) is 5.14. The maximum atomic E-state index is 14.3. The Hall–Kier alpha value is -4.20. The number of nitrogens with zero attached hydrogens (tertiary/aromatic N) is 2. The van der Waals surface area contributed by atoms with Crippen LogP contribution in [0, 0.1) is 17.6 Å². The summed E-state index contributed by atoms with van der Waals surface area (Å²) in [6.45, 7) is -3.04. The van der Waals surface area contributed by atoms with E-state index in [1.165, 1.54) is 25.2 Å². The summed E-state index contributed by atoms with van der Waals surface area (Å²) >= 11 is 0. The standard InChI is InChI=1S/C24H23F4N5O5/c1-30-21(34)20(18-14(26)7-13(25)9-31-18)32-22(35)19-17(8-29)37-23(33-19)12-4-5-15(38-24(27)28)16(6-12)36-10-11-2-3-11/h4-7,9,11,20,24H,2-3,8,10,29H2,1H3,(H,30,34)(H,32,35). The van der Waals surface area contributed by atoms with Gasteiger partial charge in [0.1, 0.15) is 17.3 Å². The van der Waals surface area contributed by atoms with E-state index in [1.807, 2.05) is 0 Å². The van der Waals surface area contributed by atoms with Crippen LogP contribution in [0.25, 0.3) is 11.5 Å². The molecule has 0 radical (unpaired) electrons. The summed E-state index contributed by atoms with van der Waals surface area (Å²) in [7, 11) is 1.26. The molecule has 1 aliphatic carbocycles. The second-order valence-corrected chi connectivity index (χ2v) is 8.33. The summed E-state index contributed by atoms with van der Waals surface area (Å²) in [5.74, 6) is -3.90. The molecule has 1 saturated carbocycles. The van der Waals surface area contributed by atoms with Crippen molar-refractivity contribution in [2.24, 2.45) is 11.7 Å². The maximum Gasteiger partial charge on any atom is 0.387 e. The molecule has 0 spiro atoms. The van der Waals surface area contributed by atoms with Gasteiger partial charge in [0, 0.05) is 18.7 Å². The maximum absolute atomic E-state index is 14.3. The van der Waals surface area contributed by atoms with Gasteiger partial charge in [-0.2, -0.15) is 8.78 Å². The van der Waals surface area contributed by atoms with E-state index in [9.17, 15) is 27.2 Å². The molecule has 4 rings (SSSR count). The first kappa shape index (κ1) is 26.9. The predicted octanol–water partition coefficient (Wildman–Crippen LogP) is 3.08. The van der Waals surface area contributed by atoms with Crippen molar-refractivity contribution in [1.82, 2.24) is 20.6 Å². The van der Waals surface area contributed by atoms with Gasteiger partial charge >= 0.3 is 6.61 Å². The molecule has 0 bridgehead atoms. The zero-order chi connectivity index (χ0) is 27.4. The second-order valence-electron chi connectivity index (χ2n) is 8.33. The van der Waals surface area contributed by atoms with Crippen molar-refractivity contribution in [2.75, 3.05) is 13.7 Å². The number of ether oxygens (including phenoxy) is 2. The molecular formula is C24H23F4N5O5. The number of benzene rings is 1. The SMILES string of the molecule is CNC(=O)C(NC(=O)c1nc(-c2ccc(OC(F)F)c(OCC3CC3)c2)oc1CN)c1ncc(F)cc1F. The third kappa shape index (κ3) is 6.19. The van der Waals surface area contributed by atoms with Crippen LogP contribution in [0.5, 0.6) is 11.5 Å². The molecule has 0 aliphatic heterocycles. The van der Waals surface area contributed by atoms with E-state index in [4.69, 9.17) is 14.9 Å². The fraction of sp³-hybridized carbons (Fsp3) is 0.333. The van der Waals surface area contributed by atoms with Crippen LogP contribution >= 0.6 is 0 Å². The molecule has 0 saturated heterocycles. The molecule has 2 amide bonds. The average Bonchev–Trinajstić information content (AvgIpc) is 3.62. The molecule has 1 fully saturated rings. The number of carbonyl (C=O) groups is 2. The number of likely N-dealkylation sites (N-methyl/N-ethyl adjacent to an activating group) is 1. The molecule has 2 aromatic heterocycles. The molecular weight excluding hydrogens is 514 g/mol. The minimum Gasteiger partial charge on any atom is -0.489 e. The number of nitrogens with two attached hydrogens (primary N) is 1. The second kappa shape index (κ2) is 11.5. The van der Waals surface area contributed by atoms with Crippen molar-refractivity contribution >= 4 is 11.8 Å². The summed E-state index contributed by atoms with van der Waals surface area (Å²) in [6, 6.07) is 2.89. The van der Waals surface area contributed by atoms with Crippen molar-refractivity contribution in [2.45, 2.75) is 32.0 Å². The van der Waals surface area contributed by atoms with E-state index in [0.29, 0.717) is 24.8 Å². The van der Waals surface area contributed by atoms with Gasteiger partial charge in [0.25, 0.3) is 5.91 Å². The summed E-state index contributed by atoms with van der Waals surface area (Å²) in [5, 5.41) is 4.57. The van der Waals surface area contributed by atoms with Crippen LogP contribution in [0.3, 0.4) is 0 Å². The van der Waals surface area contributed by atoms with Gasteiger partial charge in [-0.25, -0.2) is 13.8 Å². The highest BCUT2D eigenvalue weighted by Crippen LogP contribution is 2.36. The Kier molecular flexibility index (Phi) is 8.10. The van der Waals surface area contributed by atoms with Gasteiger partial charge in [-0.3, -0.25) is 14.6 Å². The molecule has 1 atom stereocenters. The minimum absolute atomic E-state index is 0.0331. The van der Waals surface area contributed by atoms with Crippen molar-refractivity contribution in [3.05, 3.63) is 59.2 Å². The lowest BCUT2D eigenvalue weighted by Crippen LogP contribution is -2.40. The Labute approximate surface area is 213 Å². The van der Waals surface area contributed by atoms with Gasteiger partial charge in [-0.1, -0.05) is 0 Å². The van der Waals surface area contributed by atoms with E-state index in [2.05, 4.69) is 25.3 Å². The van der Waals surface area contributed by atoms with Crippen molar-refractivity contribution in [1.29, 1.82) is 0 Å². The van der Waals surface area contributed by atoms with Crippen molar-refractivity contribution in [3.8, 4) is 23.0 Å². The predicted molar refractivity (Wildman–Crippen MR) is 123 cm³/mol. The van der Waals surface area contributed by atoms with E-state index >= 15 is 0 Å². The Morgan fingerprint density at radius 3 is 2.61 bits per heavy atom. The molecule has 3 aromatic rings. The average molecular weight is 537 g/mol. The van der Waals surface area contributed by atoms with E-state index < -0.39 is 41.8 Å². The number of nitrogens with one attached hydrogen (secondary N) is 2. The smallest absolute Gasteiger partial charge is 0.387 e. The first-order chi connectivity index (χ1) is 18.2. The fourth-order valence-corrected chi connectivity index (χ4v) is 3.47. The number of hydrogen-bond acceptors (Lipinski definition) is 8. The number of hydrogen-bond donors (Lipinski definition) is 3. The lowest BCUT2D eigenvalue weighted by atomic mass is 10.1. The molecule has 10 nitrogen and oxygen atoms in total. The number of amides is 2. The highest BCUT2D eigenvalue weighted by Gasteiger charge is 2.30. The van der Waals surface area contributed by atoms with Crippen LogP contribution < -0.4 is 25.8 Å². The van der Waals surface area contributed by atoms with E-state index in [1.54, 1.807) is 0 Å². The van der Waals surface area contributed by atoms with Crippen LogP contribution in [-0.2, 0) is 11.3 Å². The Bertz CT molecular complexity index is 1330. The van der Waals surface area contributed by atoms with E-state index in [0.717, 1.165) is 12.8 Å². The van der Waals surface area contributed by atoms with Gasteiger partial charge in [0.2, 0.25) is 11.8 Å². The fourth-order valence-electron chi connectivity index (χ4n) is 3.47. The molecule has 14 heteroatoms. The summed E-state index contributed by atoms with van der Waals surface area (Å²) < 4.78 is 69.1. The molecule has 1 unspecified atom stereocenters. The Morgan fingerprint density at radius 2 is 1.97 bits per heavy atom. The first-order valence-electron chi connectivity index (χ1n) is 11.4. The van der Waals surface area contributed by atoms with Gasteiger partial charge < -0.3 is 30.3 Å². The van der Waals surface area contributed by atoms with Crippen molar-refractivity contribution < 1.29 is 41.0 Å². The highest BCUT2D eigenvalue weighted by atomic mass is 19.3. The number of aromatic nitrogens is 2. The van der Waals surface area contributed by atoms with Gasteiger partial charge in [0.05, 0.1) is 19.3 Å². The van der Waals surface area contributed by atoms with Crippen molar-refractivity contribution in [3.63, 3.8) is 0 Å². The quantitative estimate of drug-likeness (QED) is 0.317. The number of rotatable bonds is 11. The zero-order valence-corrected chi connectivity index (χ0v) is 20.0. The number of halogens is 4. The van der Waals surface area contributed by atoms with Crippen LogP contribution in [0.15, 0.2) is 34.9 Å². The Balaban J connectivity index is 1.63. The van der Waals surface area contributed by atoms with Crippen LogP contribution in [-0.4, -0.2) is 42.0 Å². The van der Waals surface area contributed by atoms with Crippen LogP contribution in [0.1, 0.15) is 40.8 Å². The molecule has 1 aliphatic rings. The third-order valence-corrected chi connectivity index (χ3v) is 5.57. The highest BCUT2D eigenvalue weighted by molar-refractivity contribution is 5.97. The van der Waals surface area contributed by atoms with E-state index in [-0.39, 0.29) is 41.0 Å². The van der Waals surface area contributed by atoms with Gasteiger partial charge in [0.15, 0.2) is 29.0 Å². The molecule has 1 aromatic carbocycles. The first-order valence-corrected chi connectivity index (χ1v) is 11.4. The zero-order valence-electron chi connectivity index (χ0n) is 20.0. The molecule has 202 valence electrons. The molecule has 2 heterocycles. The number of carbonyl (C=O) groups excluding carboxylic acids is 2. The monoisotopic (exact) mass is 537 g/mol. The minimum atomic E-state index is -3.07. The number of alkyl halides is 2. The largest absolute Gasteiger partial charge is 0.489 e. The topological polar surface area (TPSA) is 142 Å². The Morgan fingerprint density at radius 1 is 1.21 bits per heavy atom. The third-order valence-electron chi connectivity index (χ3n) is 5.57. The molecule has 38 heavy (non-hydrogen) atoms. The summed E-state index contributed by atoms with van der Waals surface area (Å²) in [6.07, 6.45) is 2.64. The van der Waals surface area contributed by atoms with Gasteiger partial charge in [-0.05, 0) is 37.0 Å². The lowest BCUT2D eigenvalue weighted by molar-refractivity contribution is -0.122. The van der Waals surface area contributed by atoms with Crippen LogP contribution in [0.4, 0.5) is 17.6 Å². The summed E-state index contributed by atoms with van der Waals surface area (Å²) in [4.78, 5) is 33.2. The normalized spacial score (nSPS) is 13.8. The number of oxazole rings is 1. The molecule has 4 N–H and O–H groups in total. The van der Waals surface area contributed by atoms with Gasteiger partial charge in [-0.15, -0.1) is 0 Å². The lowest BCUT2D eigenvalue weighted by Gasteiger charge is -2.17. The van der Waals surface area contributed by atoms with Crippen LogP contribution in [0.2, 0.25) is 0 Å². The number of pyridine rings is 1.